The highest BCUT2D eigenvalue weighted by atomic mass is 16.5. The van der Waals surface area contributed by atoms with Crippen molar-refractivity contribution < 1.29 is 18.9 Å². The summed E-state index contributed by atoms with van der Waals surface area (Å²) in [4.78, 5) is 0. The van der Waals surface area contributed by atoms with Gasteiger partial charge in [-0.2, -0.15) is 0 Å². The fourth-order valence-electron chi connectivity index (χ4n) is 8.14. The summed E-state index contributed by atoms with van der Waals surface area (Å²) in [5.41, 5.74) is 14.1. The number of ether oxygens (including phenoxy) is 4. The second-order valence-corrected chi connectivity index (χ2v) is 19.8. The lowest BCUT2D eigenvalue weighted by molar-refractivity contribution is 0.390. The van der Waals surface area contributed by atoms with Crippen LogP contribution in [0.3, 0.4) is 0 Å². The Hall–Kier alpha value is -3.92. The molecule has 1 aliphatic carbocycles. The summed E-state index contributed by atoms with van der Waals surface area (Å²) in [5.74, 6) is 3.64. The van der Waals surface area contributed by atoms with Crippen LogP contribution in [0.1, 0.15) is 176 Å². The lowest BCUT2D eigenvalue weighted by Gasteiger charge is -2.31. The third-order valence-corrected chi connectivity index (χ3v) is 11.7. The molecule has 4 aromatic rings. The van der Waals surface area contributed by atoms with Crippen LogP contribution in [-0.2, 0) is 34.5 Å². The van der Waals surface area contributed by atoms with Gasteiger partial charge in [-0.05, 0) is 66.2 Å². The van der Waals surface area contributed by atoms with E-state index >= 15 is 0 Å². The molecule has 54 heavy (non-hydrogen) atoms. The molecule has 0 radical (unpaired) electrons. The van der Waals surface area contributed by atoms with E-state index in [-0.39, 0.29) is 33.5 Å². The largest absolute Gasteiger partial charge is 0.496 e. The SMILES string of the molecule is COc1c2cc(C(C)(C)C)cc1C(C)c1cc(C(C)(C)C)cc(c1OC)Cc1cc(C(C)(C)C)cc(c1OC)C(C)c1cc(C(C)(C)C)cc(c1OC)C2. The fourth-order valence-corrected chi connectivity index (χ4v) is 8.14. The maximum atomic E-state index is 6.48. The van der Waals surface area contributed by atoms with Crippen LogP contribution in [0.2, 0.25) is 0 Å². The first-order chi connectivity index (χ1) is 24.9. The number of hydrogen-bond acceptors (Lipinski definition) is 4. The molecule has 0 saturated carbocycles. The predicted octanol–water partition coefficient (Wildman–Crippen LogP) is 12.7. The highest BCUT2D eigenvalue weighted by Gasteiger charge is 2.32. The van der Waals surface area contributed by atoms with Gasteiger partial charge in [0.25, 0.3) is 0 Å². The van der Waals surface area contributed by atoms with Crippen LogP contribution in [0, 0.1) is 0 Å². The normalized spacial score (nSPS) is 16.6. The van der Waals surface area contributed by atoms with E-state index in [1.54, 1.807) is 0 Å². The van der Waals surface area contributed by atoms with Gasteiger partial charge in [-0.1, -0.05) is 145 Å². The van der Waals surface area contributed by atoms with Gasteiger partial charge in [0.05, 0.1) is 28.4 Å². The van der Waals surface area contributed by atoms with Crippen LogP contribution < -0.4 is 18.9 Å². The Balaban J connectivity index is 2.04. The van der Waals surface area contributed by atoms with Crippen LogP contribution in [0.15, 0.2) is 48.5 Å². The maximum Gasteiger partial charge on any atom is 0.126 e. The maximum absolute atomic E-state index is 6.48. The first kappa shape index (κ1) is 41.2. The van der Waals surface area contributed by atoms with Crippen molar-refractivity contribution in [2.45, 2.75) is 143 Å². The van der Waals surface area contributed by atoms with Gasteiger partial charge in [0.2, 0.25) is 0 Å². The van der Waals surface area contributed by atoms with Gasteiger partial charge >= 0.3 is 0 Å². The summed E-state index contributed by atoms with van der Waals surface area (Å²) >= 11 is 0. The smallest absolute Gasteiger partial charge is 0.126 e. The lowest BCUT2D eigenvalue weighted by atomic mass is 9.76. The number of hydrogen-bond donors (Lipinski definition) is 0. The van der Waals surface area contributed by atoms with E-state index in [0.717, 1.165) is 67.5 Å². The minimum absolute atomic E-state index is 0.0262. The van der Waals surface area contributed by atoms with E-state index in [0.29, 0.717) is 12.8 Å². The first-order valence-corrected chi connectivity index (χ1v) is 19.8. The Morgan fingerprint density at radius 2 is 0.537 bits per heavy atom. The molecule has 0 aliphatic heterocycles. The molecule has 0 unspecified atom stereocenters. The van der Waals surface area contributed by atoms with Gasteiger partial charge < -0.3 is 18.9 Å². The summed E-state index contributed by atoms with van der Waals surface area (Å²) in [6.45, 7) is 32.2. The Morgan fingerprint density at radius 3 is 0.685 bits per heavy atom. The van der Waals surface area contributed by atoms with E-state index in [9.17, 15) is 0 Å². The zero-order valence-corrected chi connectivity index (χ0v) is 36.8. The van der Waals surface area contributed by atoms with Crippen molar-refractivity contribution in [1.29, 1.82) is 0 Å². The molecule has 0 amide bonds. The lowest BCUT2D eigenvalue weighted by Crippen LogP contribution is -2.18. The number of methoxy groups -OCH3 is 4. The fraction of sp³-hybridized carbons (Fsp3) is 0.520. The topological polar surface area (TPSA) is 36.9 Å². The molecule has 1 aliphatic rings. The molecule has 5 rings (SSSR count). The quantitative estimate of drug-likeness (QED) is 0.209. The zero-order chi connectivity index (χ0) is 40.3. The molecular formula is C50H68O4. The molecule has 0 aromatic heterocycles. The Labute approximate surface area is 328 Å². The van der Waals surface area contributed by atoms with Gasteiger partial charge in [0.1, 0.15) is 23.0 Å². The Bertz CT molecular complexity index is 1730. The monoisotopic (exact) mass is 733 g/mol. The van der Waals surface area contributed by atoms with Gasteiger partial charge in [-0.15, -0.1) is 0 Å². The van der Waals surface area contributed by atoms with Crippen molar-refractivity contribution in [3.05, 3.63) is 115 Å². The van der Waals surface area contributed by atoms with E-state index in [2.05, 4.69) is 145 Å². The van der Waals surface area contributed by atoms with Gasteiger partial charge in [-0.25, -0.2) is 0 Å². The number of rotatable bonds is 4. The first-order valence-electron chi connectivity index (χ1n) is 19.8. The molecule has 0 saturated heterocycles. The molecule has 0 atom stereocenters. The molecule has 292 valence electrons. The highest BCUT2D eigenvalue weighted by Crippen LogP contribution is 2.48. The van der Waals surface area contributed by atoms with Crippen molar-refractivity contribution in [2.75, 3.05) is 28.4 Å². The molecule has 0 fully saturated rings. The molecule has 0 N–H and O–H groups in total. The predicted molar refractivity (Wildman–Crippen MR) is 227 cm³/mol. The van der Waals surface area contributed by atoms with Crippen LogP contribution in [0.25, 0.3) is 0 Å². The van der Waals surface area contributed by atoms with Crippen LogP contribution >= 0.6 is 0 Å². The highest BCUT2D eigenvalue weighted by molar-refractivity contribution is 5.62. The standard InChI is InChI=1S/C50H68O4/c1-29-39-25-35(47(3,4)5)21-31(43(39)51-15)19-33-23-37(49(9,10)11)27-41(45(33)53-17)30(2)42-28-38(50(12,13)14)24-34(46(42)54-18)20-32-22-36(48(6,7)8)26-40(29)44(32)52-16/h21-30H,19-20H2,1-18H3. The molecular weight excluding hydrogens is 665 g/mol. The van der Waals surface area contributed by atoms with Crippen molar-refractivity contribution >= 4 is 0 Å². The minimum Gasteiger partial charge on any atom is -0.496 e. The molecule has 0 heterocycles. The summed E-state index contributed by atoms with van der Waals surface area (Å²) in [7, 11) is 7.28. The van der Waals surface area contributed by atoms with E-state index < -0.39 is 0 Å². The van der Waals surface area contributed by atoms with Crippen LogP contribution in [-0.4, -0.2) is 28.4 Å². The zero-order valence-electron chi connectivity index (χ0n) is 36.8. The average molecular weight is 733 g/mol. The number of benzene rings is 4. The van der Waals surface area contributed by atoms with Crippen molar-refractivity contribution in [2.24, 2.45) is 0 Å². The third kappa shape index (κ3) is 7.91. The number of fused-ring (bicyclic) bond motifs is 8. The van der Waals surface area contributed by atoms with Gasteiger partial charge in [-0.3, -0.25) is 0 Å². The molecule has 0 spiro atoms. The average Bonchev–Trinajstić information content (AvgIpc) is 3.07. The van der Waals surface area contributed by atoms with E-state index in [4.69, 9.17) is 18.9 Å². The molecule has 4 aromatic carbocycles. The molecule has 8 bridgehead atoms. The summed E-state index contributed by atoms with van der Waals surface area (Å²) < 4.78 is 25.9. The summed E-state index contributed by atoms with van der Waals surface area (Å²) in [6, 6.07) is 18.9. The third-order valence-electron chi connectivity index (χ3n) is 11.7. The van der Waals surface area contributed by atoms with Gasteiger partial charge in [0.15, 0.2) is 0 Å². The van der Waals surface area contributed by atoms with Crippen molar-refractivity contribution in [1.82, 2.24) is 0 Å². The molecule has 4 heteroatoms. The second-order valence-electron chi connectivity index (χ2n) is 19.8. The summed E-state index contributed by atoms with van der Waals surface area (Å²) in [5, 5.41) is 0. The Kier molecular flexibility index (Phi) is 11.2. The Morgan fingerprint density at radius 1 is 0.352 bits per heavy atom. The summed E-state index contributed by atoms with van der Waals surface area (Å²) in [6.07, 6.45) is 1.32. The minimum atomic E-state index is -0.0834. The van der Waals surface area contributed by atoms with Crippen LogP contribution in [0.4, 0.5) is 0 Å². The second kappa shape index (κ2) is 14.6. The molecule has 4 nitrogen and oxygen atoms in total. The van der Waals surface area contributed by atoms with Crippen molar-refractivity contribution in [3.63, 3.8) is 0 Å². The van der Waals surface area contributed by atoms with Crippen molar-refractivity contribution in [3.8, 4) is 23.0 Å². The van der Waals surface area contributed by atoms with Gasteiger partial charge in [0, 0.05) is 46.9 Å². The van der Waals surface area contributed by atoms with Crippen LogP contribution in [0.5, 0.6) is 23.0 Å². The van der Waals surface area contributed by atoms with E-state index in [1.807, 2.05) is 28.4 Å². The van der Waals surface area contributed by atoms with E-state index in [1.165, 1.54) is 22.3 Å².